The van der Waals surface area contributed by atoms with Gasteiger partial charge in [0.05, 0.1) is 0 Å². The normalized spacial score (nSPS) is 26.3. The Kier molecular flexibility index (Phi) is 3.19. The largest absolute Gasteiger partial charge is 0.370 e. The summed E-state index contributed by atoms with van der Waals surface area (Å²) in [5.74, 6) is 0.422. The fourth-order valence-electron chi connectivity index (χ4n) is 3.38. The first-order valence-electron chi connectivity index (χ1n) is 7.04. The standard InChI is InChI=1S/C15H21N3O/c1-10-7-12(4-5-13(10)15(16)19)18-8-11-3-2-6-17-14(11)9-18/h4-5,7,11,14,17H,2-3,6,8-9H2,1H3,(H2,16,19). The number of aryl methyl sites for hydroxylation is 1. The van der Waals surface area contributed by atoms with Crippen molar-refractivity contribution < 1.29 is 4.79 Å². The Hall–Kier alpha value is -1.55. The number of nitrogens with two attached hydrogens (primary N) is 1. The van der Waals surface area contributed by atoms with Crippen molar-refractivity contribution in [2.45, 2.75) is 25.8 Å². The molecule has 0 aliphatic carbocycles. The van der Waals surface area contributed by atoms with Gasteiger partial charge in [0.1, 0.15) is 0 Å². The van der Waals surface area contributed by atoms with Crippen molar-refractivity contribution in [3.63, 3.8) is 0 Å². The van der Waals surface area contributed by atoms with Crippen molar-refractivity contribution in [1.29, 1.82) is 0 Å². The lowest BCUT2D eigenvalue weighted by Crippen LogP contribution is -2.40. The topological polar surface area (TPSA) is 58.4 Å². The van der Waals surface area contributed by atoms with E-state index in [4.69, 9.17) is 5.73 Å². The molecule has 2 saturated heterocycles. The maximum absolute atomic E-state index is 11.3. The molecular weight excluding hydrogens is 238 g/mol. The van der Waals surface area contributed by atoms with E-state index in [0.29, 0.717) is 11.6 Å². The summed E-state index contributed by atoms with van der Waals surface area (Å²) in [5.41, 5.74) is 8.15. The number of hydrogen-bond donors (Lipinski definition) is 2. The Morgan fingerprint density at radius 1 is 1.42 bits per heavy atom. The van der Waals surface area contributed by atoms with Crippen molar-refractivity contribution in [3.8, 4) is 0 Å². The number of rotatable bonds is 2. The second-order valence-electron chi connectivity index (χ2n) is 5.73. The number of amides is 1. The zero-order valence-electron chi connectivity index (χ0n) is 11.4. The summed E-state index contributed by atoms with van der Waals surface area (Å²) in [4.78, 5) is 13.7. The predicted octanol–water partition coefficient (Wildman–Crippen LogP) is 1.28. The van der Waals surface area contributed by atoms with Crippen molar-refractivity contribution >= 4 is 11.6 Å². The molecule has 2 aliphatic rings. The number of piperidine rings is 1. The third-order valence-electron chi connectivity index (χ3n) is 4.44. The minimum Gasteiger partial charge on any atom is -0.370 e. The Morgan fingerprint density at radius 3 is 2.95 bits per heavy atom. The number of hydrogen-bond acceptors (Lipinski definition) is 3. The van der Waals surface area contributed by atoms with Crippen molar-refractivity contribution in [3.05, 3.63) is 29.3 Å². The summed E-state index contributed by atoms with van der Waals surface area (Å²) in [6.45, 7) is 5.28. The van der Waals surface area contributed by atoms with E-state index in [-0.39, 0.29) is 5.91 Å². The number of carbonyl (C=O) groups is 1. The first kappa shape index (κ1) is 12.5. The highest BCUT2D eigenvalue weighted by Gasteiger charge is 2.34. The van der Waals surface area contributed by atoms with Crippen LogP contribution in [-0.2, 0) is 0 Å². The quantitative estimate of drug-likeness (QED) is 0.841. The van der Waals surface area contributed by atoms with Gasteiger partial charge in [0.15, 0.2) is 0 Å². The van der Waals surface area contributed by atoms with Gasteiger partial charge >= 0.3 is 0 Å². The van der Waals surface area contributed by atoms with Gasteiger partial charge in [0.2, 0.25) is 5.91 Å². The van der Waals surface area contributed by atoms with Crippen LogP contribution in [0.2, 0.25) is 0 Å². The van der Waals surface area contributed by atoms with Crippen LogP contribution in [0.4, 0.5) is 5.69 Å². The second-order valence-corrected chi connectivity index (χ2v) is 5.73. The highest BCUT2D eigenvalue weighted by molar-refractivity contribution is 5.94. The molecule has 1 amide bonds. The van der Waals surface area contributed by atoms with Crippen molar-refractivity contribution in [1.82, 2.24) is 5.32 Å². The maximum Gasteiger partial charge on any atom is 0.248 e. The van der Waals surface area contributed by atoms with Crippen molar-refractivity contribution in [2.75, 3.05) is 24.5 Å². The van der Waals surface area contributed by atoms with Crippen LogP contribution in [-0.4, -0.2) is 31.6 Å². The van der Waals surface area contributed by atoms with E-state index >= 15 is 0 Å². The monoisotopic (exact) mass is 259 g/mol. The molecule has 102 valence electrons. The molecule has 19 heavy (non-hydrogen) atoms. The van der Waals surface area contributed by atoms with Gasteiger partial charge in [-0.05, 0) is 56.0 Å². The molecule has 3 N–H and O–H groups in total. The lowest BCUT2D eigenvalue weighted by Gasteiger charge is -2.24. The van der Waals surface area contributed by atoms with Gasteiger partial charge < -0.3 is 16.0 Å². The fraction of sp³-hybridized carbons (Fsp3) is 0.533. The van der Waals surface area contributed by atoms with Gasteiger partial charge in [0.25, 0.3) is 0 Å². The maximum atomic E-state index is 11.3. The molecule has 4 nitrogen and oxygen atoms in total. The highest BCUT2D eigenvalue weighted by atomic mass is 16.1. The second kappa shape index (κ2) is 4.85. The van der Waals surface area contributed by atoms with E-state index in [1.807, 2.05) is 19.1 Å². The van der Waals surface area contributed by atoms with Gasteiger partial charge in [-0.2, -0.15) is 0 Å². The van der Waals surface area contributed by atoms with Gasteiger partial charge in [-0.15, -0.1) is 0 Å². The van der Waals surface area contributed by atoms with E-state index in [9.17, 15) is 4.79 Å². The first-order chi connectivity index (χ1) is 9.15. The molecule has 3 rings (SSSR count). The summed E-state index contributed by atoms with van der Waals surface area (Å²) in [7, 11) is 0. The number of primary amides is 1. The van der Waals surface area contributed by atoms with Crippen LogP contribution in [0.25, 0.3) is 0 Å². The van der Waals surface area contributed by atoms with Crippen LogP contribution in [0.3, 0.4) is 0 Å². The Morgan fingerprint density at radius 2 is 2.26 bits per heavy atom. The number of benzene rings is 1. The van der Waals surface area contributed by atoms with Gasteiger partial charge in [-0.3, -0.25) is 4.79 Å². The number of carbonyl (C=O) groups excluding carboxylic acids is 1. The zero-order chi connectivity index (χ0) is 13.4. The first-order valence-corrected chi connectivity index (χ1v) is 7.04. The Balaban J connectivity index is 1.80. The number of fused-ring (bicyclic) bond motifs is 1. The molecule has 2 fully saturated rings. The third kappa shape index (κ3) is 2.32. The number of nitrogens with zero attached hydrogens (tertiary/aromatic N) is 1. The molecule has 1 aromatic carbocycles. The van der Waals surface area contributed by atoms with E-state index < -0.39 is 0 Å². The Bertz CT molecular complexity index is 486. The highest BCUT2D eigenvalue weighted by Crippen LogP contribution is 2.30. The molecule has 2 heterocycles. The average Bonchev–Trinajstić information content (AvgIpc) is 2.81. The van der Waals surface area contributed by atoms with Crippen LogP contribution >= 0.6 is 0 Å². The van der Waals surface area contributed by atoms with Crippen LogP contribution < -0.4 is 16.0 Å². The predicted molar refractivity (Wildman–Crippen MR) is 76.4 cm³/mol. The smallest absolute Gasteiger partial charge is 0.248 e. The van der Waals surface area contributed by atoms with Crippen LogP contribution in [0.1, 0.15) is 28.8 Å². The molecule has 1 aromatic rings. The molecule has 0 saturated carbocycles. The number of anilines is 1. The molecule has 0 spiro atoms. The zero-order valence-corrected chi connectivity index (χ0v) is 11.4. The lowest BCUT2D eigenvalue weighted by molar-refractivity contribution is 0.1000. The van der Waals surface area contributed by atoms with Crippen LogP contribution in [0.15, 0.2) is 18.2 Å². The van der Waals surface area contributed by atoms with Gasteiger partial charge in [-0.25, -0.2) is 0 Å². The summed E-state index contributed by atoms with van der Waals surface area (Å²) < 4.78 is 0. The van der Waals surface area contributed by atoms with Crippen LogP contribution in [0, 0.1) is 12.8 Å². The summed E-state index contributed by atoms with van der Waals surface area (Å²) in [6, 6.07) is 6.58. The van der Waals surface area contributed by atoms with E-state index in [1.54, 1.807) is 0 Å². The average molecular weight is 259 g/mol. The Labute approximate surface area is 114 Å². The molecule has 2 unspecified atom stereocenters. The molecule has 4 heteroatoms. The molecular formula is C15H21N3O. The van der Waals surface area contributed by atoms with Crippen molar-refractivity contribution in [2.24, 2.45) is 11.7 Å². The summed E-state index contributed by atoms with van der Waals surface area (Å²) in [5, 5.41) is 3.61. The van der Waals surface area contributed by atoms with E-state index in [0.717, 1.165) is 31.1 Å². The minimum absolute atomic E-state index is 0.346. The van der Waals surface area contributed by atoms with E-state index in [1.165, 1.54) is 18.5 Å². The van der Waals surface area contributed by atoms with Gasteiger partial charge in [-0.1, -0.05) is 0 Å². The lowest BCUT2D eigenvalue weighted by atomic mass is 9.94. The van der Waals surface area contributed by atoms with E-state index in [2.05, 4.69) is 16.3 Å². The molecule has 0 radical (unpaired) electrons. The molecule has 2 aliphatic heterocycles. The summed E-state index contributed by atoms with van der Waals surface area (Å²) in [6.07, 6.45) is 2.61. The van der Waals surface area contributed by atoms with Crippen LogP contribution in [0.5, 0.6) is 0 Å². The minimum atomic E-state index is -0.346. The molecule has 2 atom stereocenters. The fourth-order valence-corrected chi connectivity index (χ4v) is 3.38. The van der Waals surface area contributed by atoms with Gasteiger partial charge in [0, 0.05) is 30.4 Å². The molecule has 0 aromatic heterocycles. The SMILES string of the molecule is Cc1cc(N2CC3CCCNC3C2)ccc1C(N)=O. The summed E-state index contributed by atoms with van der Waals surface area (Å²) >= 11 is 0. The molecule has 0 bridgehead atoms. The third-order valence-corrected chi connectivity index (χ3v) is 4.44. The number of nitrogens with one attached hydrogen (secondary N) is 1.